The van der Waals surface area contributed by atoms with Gasteiger partial charge in [-0.15, -0.1) is 0 Å². The van der Waals surface area contributed by atoms with Crippen LogP contribution in [-0.4, -0.2) is 69.5 Å². The summed E-state index contributed by atoms with van der Waals surface area (Å²) in [4.78, 5) is 24.5. The normalized spacial score (nSPS) is 26.8. The quantitative estimate of drug-likeness (QED) is 0.371. The first-order chi connectivity index (χ1) is 16.4. The maximum Gasteiger partial charge on any atom is 0.490 e. The third-order valence-electron chi connectivity index (χ3n) is 6.55. The van der Waals surface area contributed by atoms with Gasteiger partial charge in [-0.05, 0) is 44.1 Å². The number of esters is 2. The van der Waals surface area contributed by atoms with Gasteiger partial charge in [0.05, 0.1) is 12.2 Å². The number of halogens is 3. The maximum absolute atomic E-state index is 13.1. The summed E-state index contributed by atoms with van der Waals surface area (Å²) in [5, 5.41) is -0.257. The van der Waals surface area contributed by atoms with Gasteiger partial charge >= 0.3 is 18.1 Å². The van der Waals surface area contributed by atoms with E-state index in [0.29, 0.717) is 0 Å². The van der Waals surface area contributed by atoms with E-state index in [0.717, 1.165) is 0 Å². The number of carbonyl (C=O) groups is 2. The van der Waals surface area contributed by atoms with Crippen molar-refractivity contribution in [3.8, 4) is 0 Å². The fourth-order valence-electron chi connectivity index (χ4n) is 3.64. The van der Waals surface area contributed by atoms with Crippen LogP contribution in [0.25, 0.3) is 0 Å². The third-order valence-corrected chi connectivity index (χ3v) is 11.1. The van der Waals surface area contributed by atoms with Crippen LogP contribution in [0.4, 0.5) is 13.2 Å². The van der Waals surface area contributed by atoms with E-state index >= 15 is 0 Å². The lowest BCUT2D eigenvalue weighted by molar-refractivity contribution is -0.242. The second-order valence-corrected chi connectivity index (χ2v) is 15.6. The Morgan fingerprint density at radius 1 is 1.06 bits per heavy atom. The van der Waals surface area contributed by atoms with Gasteiger partial charge in [0.25, 0.3) is 0 Å². The largest absolute Gasteiger partial charge is 0.490 e. The summed E-state index contributed by atoms with van der Waals surface area (Å²) in [5.41, 5.74) is 0.251. The first-order valence-electron chi connectivity index (χ1n) is 11.6. The van der Waals surface area contributed by atoms with E-state index in [9.17, 15) is 22.8 Å². The minimum absolute atomic E-state index is 0.251. The van der Waals surface area contributed by atoms with Gasteiger partial charge in [0.15, 0.2) is 26.3 Å². The molecule has 5 atom stereocenters. The molecule has 2 heterocycles. The van der Waals surface area contributed by atoms with Gasteiger partial charge in [0, 0.05) is 0 Å². The van der Waals surface area contributed by atoms with Crippen molar-refractivity contribution in [3.63, 3.8) is 0 Å². The number of hydrogen-bond donors (Lipinski definition) is 0. The molecule has 2 aliphatic heterocycles. The van der Waals surface area contributed by atoms with Crippen LogP contribution in [-0.2, 0) is 32.9 Å². The minimum Gasteiger partial charge on any atom is -0.450 e. The smallest absolute Gasteiger partial charge is 0.450 e. The van der Waals surface area contributed by atoms with Gasteiger partial charge in [0.2, 0.25) is 6.29 Å². The van der Waals surface area contributed by atoms with Crippen molar-refractivity contribution < 1.29 is 50.9 Å². The molecule has 0 spiro atoms. The maximum atomic E-state index is 13.1. The van der Waals surface area contributed by atoms with Crippen molar-refractivity contribution in [3.05, 3.63) is 35.9 Å². The van der Waals surface area contributed by atoms with Crippen molar-refractivity contribution in [1.82, 2.24) is 0 Å². The summed E-state index contributed by atoms with van der Waals surface area (Å²) >= 11 is 0. The number of carbonyl (C=O) groups excluding carboxylic acids is 2. The van der Waals surface area contributed by atoms with Crippen LogP contribution in [0.3, 0.4) is 0 Å². The van der Waals surface area contributed by atoms with Crippen molar-refractivity contribution >= 4 is 20.3 Å². The Hall–Kier alpha value is -1.99. The second-order valence-electron chi connectivity index (χ2n) is 10.8. The van der Waals surface area contributed by atoms with Crippen molar-refractivity contribution in [2.45, 2.75) is 95.4 Å². The van der Waals surface area contributed by atoms with Crippen LogP contribution in [0.15, 0.2) is 30.3 Å². The summed E-state index contributed by atoms with van der Waals surface area (Å²) in [6.45, 7) is 12.6. The van der Waals surface area contributed by atoms with Crippen LogP contribution in [0.5, 0.6) is 0 Å². The molecule has 12 heteroatoms. The zero-order valence-electron chi connectivity index (χ0n) is 21.4. The fraction of sp³-hybridized carbons (Fsp3) is 0.667. The predicted octanol–water partition coefficient (Wildman–Crippen LogP) is 4.58. The topological polar surface area (TPSA) is 89.5 Å². The molecule has 0 bridgehead atoms. The van der Waals surface area contributed by atoms with Crippen molar-refractivity contribution in [2.24, 2.45) is 0 Å². The van der Waals surface area contributed by atoms with Crippen molar-refractivity contribution in [1.29, 1.82) is 0 Å². The molecule has 1 aromatic carbocycles. The van der Waals surface area contributed by atoms with E-state index < -0.39 is 62.9 Å². The van der Waals surface area contributed by atoms with E-state index in [1.54, 1.807) is 44.2 Å². The average molecular weight is 535 g/mol. The van der Waals surface area contributed by atoms with E-state index in [-0.39, 0.29) is 17.2 Å². The number of hydrogen-bond acceptors (Lipinski definition) is 8. The average Bonchev–Trinajstić information content (AvgIpc) is 3.23. The molecule has 0 N–H and O–H groups in total. The Labute approximate surface area is 209 Å². The number of alkyl halides is 3. The zero-order chi connectivity index (χ0) is 27.1. The highest BCUT2D eigenvalue weighted by molar-refractivity contribution is 6.74. The Kier molecular flexibility index (Phi) is 7.98. The molecule has 0 radical (unpaired) electrons. The molecule has 0 aliphatic carbocycles. The molecule has 0 saturated carbocycles. The molecule has 2 saturated heterocycles. The molecule has 2 aliphatic rings. The van der Waals surface area contributed by atoms with Crippen LogP contribution in [0, 0.1) is 0 Å². The molecule has 1 aromatic rings. The van der Waals surface area contributed by atoms with E-state index in [1.807, 2.05) is 33.9 Å². The first kappa shape index (κ1) is 28.6. The van der Waals surface area contributed by atoms with Crippen LogP contribution < -0.4 is 0 Å². The molecule has 0 aromatic heterocycles. The lowest BCUT2D eigenvalue weighted by Gasteiger charge is -2.38. The second kappa shape index (κ2) is 10.0. The van der Waals surface area contributed by atoms with Gasteiger partial charge in [-0.2, -0.15) is 13.2 Å². The van der Waals surface area contributed by atoms with E-state index in [1.165, 1.54) is 0 Å². The number of benzene rings is 1. The highest BCUT2D eigenvalue weighted by Gasteiger charge is 2.60. The molecule has 2 fully saturated rings. The molecular formula is C24H33F3O8Si. The van der Waals surface area contributed by atoms with Gasteiger partial charge in [0.1, 0.15) is 12.2 Å². The van der Waals surface area contributed by atoms with E-state index in [2.05, 4.69) is 0 Å². The summed E-state index contributed by atoms with van der Waals surface area (Å²) in [6.07, 6.45) is -11.2. The van der Waals surface area contributed by atoms with E-state index in [4.69, 9.17) is 28.1 Å². The van der Waals surface area contributed by atoms with Gasteiger partial charge < -0.3 is 28.1 Å². The molecule has 36 heavy (non-hydrogen) atoms. The molecule has 8 nitrogen and oxygen atoms in total. The standard InChI is InChI=1S/C24H33F3O8Si/c1-22(2,3)36(6,7)30-13-15(31-21(29)24(25,26)27)16-17-18(35-23(4,5)34-17)20(32-16)33-19(28)14-11-9-8-10-12-14/h8-12,15-18,20H,13H2,1-7H3/t15-,16+,17-,18-,20+/m0/s1. The highest BCUT2D eigenvalue weighted by atomic mass is 28.4. The SMILES string of the molecule is CC1(C)O[C@@H]2[C@H](O1)[C@@H](OC(=O)c1ccccc1)O[C@@H]2[C@H](CO[Si](C)(C)C(C)(C)C)OC(=O)C(F)(F)F. The number of ether oxygens (including phenoxy) is 5. The molecule has 3 rings (SSSR count). The Morgan fingerprint density at radius 3 is 2.19 bits per heavy atom. The molecular weight excluding hydrogens is 501 g/mol. The first-order valence-corrected chi connectivity index (χ1v) is 14.5. The third kappa shape index (κ3) is 6.46. The summed E-state index contributed by atoms with van der Waals surface area (Å²) in [5.74, 6) is -4.24. The highest BCUT2D eigenvalue weighted by Crippen LogP contribution is 2.42. The molecule has 202 valence electrons. The number of fused-ring (bicyclic) bond motifs is 1. The van der Waals surface area contributed by atoms with Crippen molar-refractivity contribution in [2.75, 3.05) is 6.61 Å². The monoisotopic (exact) mass is 534 g/mol. The molecule has 0 amide bonds. The summed E-state index contributed by atoms with van der Waals surface area (Å²) in [6, 6.07) is 8.13. The number of rotatable bonds is 7. The minimum atomic E-state index is -5.22. The Bertz CT molecular complexity index is 945. The Balaban J connectivity index is 1.87. The lowest BCUT2D eigenvalue weighted by atomic mass is 10.1. The summed E-state index contributed by atoms with van der Waals surface area (Å²) < 4.78 is 73.4. The van der Waals surface area contributed by atoms with Crippen LogP contribution >= 0.6 is 0 Å². The van der Waals surface area contributed by atoms with Gasteiger partial charge in [-0.1, -0.05) is 39.0 Å². The zero-order valence-corrected chi connectivity index (χ0v) is 22.4. The van der Waals surface area contributed by atoms with Crippen LogP contribution in [0.2, 0.25) is 18.1 Å². The summed E-state index contributed by atoms with van der Waals surface area (Å²) in [7, 11) is -2.45. The predicted molar refractivity (Wildman–Crippen MR) is 123 cm³/mol. The lowest BCUT2D eigenvalue weighted by Crippen LogP contribution is -2.49. The van der Waals surface area contributed by atoms with Gasteiger partial charge in [-0.25, -0.2) is 9.59 Å². The van der Waals surface area contributed by atoms with Crippen LogP contribution in [0.1, 0.15) is 45.0 Å². The molecule has 0 unspecified atom stereocenters. The van der Waals surface area contributed by atoms with Gasteiger partial charge in [-0.3, -0.25) is 0 Å². The fourth-order valence-corrected chi connectivity index (χ4v) is 4.65. The Morgan fingerprint density at radius 2 is 1.64 bits per heavy atom.